The Morgan fingerprint density at radius 2 is 1.65 bits per heavy atom. The number of hydrogen-bond acceptors (Lipinski definition) is 5. The van der Waals surface area contributed by atoms with Crippen LogP contribution in [0.1, 0.15) is 12.5 Å². The fraction of sp³-hybridized carbons (Fsp3) is 0.294. The molecule has 123 valence electrons. The summed E-state index contributed by atoms with van der Waals surface area (Å²) in [5.41, 5.74) is 1.02. The van der Waals surface area contributed by atoms with Crippen LogP contribution >= 0.6 is 0 Å². The molecule has 0 spiro atoms. The summed E-state index contributed by atoms with van der Waals surface area (Å²) in [6.45, 7) is 2.98. The van der Waals surface area contributed by atoms with E-state index < -0.39 is 10.1 Å². The first-order valence-corrected chi connectivity index (χ1v) is 9.04. The van der Waals surface area contributed by atoms with Gasteiger partial charge in [0, 0.05) is 6.42 Å². The van der Waals surface area contributed by atoms with Crippen LogP contribution in [0.5, 0.6) is 17.2 Å². The highest BCUT2D eigenvalue weighted by atomic mass is 32.2. The normalized spacial score (nSPS) is 11.0. The van der Waals surface area contributed by atoms with Crippen LogP contribution in [0.2, 0.25) is 0 Å². The Labute approximate surface area is 136 Å². The minimum atomic E-state index is -3.49. The molecule has 0 aliphatic rings. The molecule has 0 aliphatic carbocycles. The maximum absolute atomic E-state index is 11.0. The number of rotatable bonds is 8. The largest absolute Gasteiger partial charge is 0.493 e. The van der Waals surface area contributed by atoms with Crippen molar-refractivity contribution in [1.82, 2.24) is 0 Å². The topological polar surface area (TPSA) is 61.8 Å². The highest BCUT2D eigenvalue weighted by Crippen LogP contribution is 2.19. The van der Waals surface area contributed by atoms with Crippen molar-refractivity contribution >= 4 is 10.1 Å². The standard InChI is InChI=1S/C17H19O5S/c1-3-20-16-5-4-6-17(13-16)21-12-11-14-7-9-15(10-8-14)22-23(2,18)19/h4-10H,3,11-12H2,1-2H3. The van der Waals surface area contributed by atoms with Crippen LogP contribution in [0.25, 0.3) is 0 Å². The van der Waals surface area contributed by atoms with E-state index in [-0.39, 0.29) is 0 Å². The van der Waals surface area contributed by atoms with E-state index in [0.29, 0.717) is 36.9 Å². The van der Waals surface area contributed by atoms with Gasteiger partial charge in [-0.25, -0.2) is 0 Å². The smallest absolute Gasteiger partial charge is 0.306 e. The van der Waals surface area contributed by atoms with Gasteiger partial charge in [0.05, 0.1) is 25.5 Å². The fourth-order valence-electron chi connectivity index (χ4n) is 1.92. The zero-order chi connectivity index (χ0) is 16.7. The highest BCUT2D eigenvalue weighted by Gasteiger charge is 2.04. The second-order valence-electron chi connectivity index (χ2n) is 4.84. The molecule has 2 aromatic rings. The van der Waals surface area contributed by atoms with E-state index in [0.717, 1.165) is 11.8 Å². The highest BCUT2D eigenvalue weighted by molar-refractivity contribution is 7.86. The zero-order valence-corrected chi connectivity index (χ0v) is 13.9. The second kappa shape index (κ2) is 7.87. The Bertz CT molecular complexity index is 723. The molecule has 0 heterocycles. The van der Waals surface area contributed by atoms with Gasteiger partial charge in [0.25, 0.3) is 0 Å². The van der Waals surface area contributed by atoms with Gasteiger partial charge >= 0.3 is 10.1 Å². The molecule has 0 saturated carbocycles. The van der Waals surface area contributed by atoms with Crippen LogP contribution in [-0.4, -0.2) is 27.9 Å². The molecule has 0 amide bonds. The minimum absolute atomic E-state index is 0.301. The summed E-state index contributed by atoms with van der Waals surface area (Å²) < 4.78 is 37.9. The van der Waals surface area contributed by atoms with E-state index in [9.17, 15) is 8.42 Å². The average Bonchev–Trinajstić information content (AvgIpc) is 2.48. The van der Waals surface area contributed by atoms with Gasteiger partial charge in [-0.15, -0.1) is 0 Å². The van der Waals surface area contributed by atoms with Crippen molar-refractivity contribution in [3.63, 3.8) is 0 Å². The Hall–Kier alpha value is -2.21. The van der Waals surface area contributed by atoms with Gasteiger partial charge in [-0.2, -0.15) is 8.42 Å². The van der Waals surface area contributed by atoms with Gasteiger partial charge < -0.3 is 13.7 Å². The third-order valence-corrected chi connectivity index (χ3v) is 3.36. The summed E-state index contributed by atoms with van der Waals surface area (Å²) in [5, 5.41) is 0. The van der Waals surface area contributed by atoms with Gasteiger partial charge in [-0.3, -0.25) is 0 Å². The van der Waals surface area contributed by atoms with Gasteiger partial charge in [-0.05, 0) is 36.8 Å². The summed E-state index contributed by atoms with van der Waals surface area (Å²) in [6, 6.07) is 15.4. The summed E-state index contributed by atoms with van der Waals surface area (Å²) in [4.78, 5) is 0. The van der Waals surface area contributed by atoms with Gasteiger partial charge in [0.15, 0.2) is 0 Å². The lowest BCUT2D eigenvalue weighted by atomic mass is 10.1. The summed E-state index contributed by atoms with van der Waals surface area (Å²) in [7, 11) is -3.49. The molecule has 0 bridgehead atoms. The van der Waals surface area contributed by atoms with Crippen molar-refractivity contribution < 1.29 is 22.1 Å². The third-order valence-electron chi connectivity index (χ3n) is 2.86. The van der Waals surface area contributed by atoms with Crippen molar-refractivity contribution in [3.05, 3.63) is 54.1 Å². The number of benzene rings is 2. The van der Waals surface area contributed by atoms with Crippen LogP contribution in [0, 0.1) is 6.07 Å². The van der Waals surface area contributed by atoms with Crippen molar-refractivity contribution in [1.29, 1.82) is 0 Å². The summed E-state index contributed by atoms with van der Waals surface area (Å²) >= 11 is 0. The molecule has 2 aromatic carbocycles. The molecule has 0 N–H and O–H groups in total. The molecule has 0 fully saturated rings. The summed E-state index contributed by atoms with van der Waals surface area (Å²) in [6.07, 6.45) is 1.70. The van der Waals surface area contributed by atoms with Gasteiger partial charge in [0.1, 0.15) is 17.2 Å². The van der Waals surface area contributed by atoms with E-state index in [1.54, 1.807) is 12.1 Å². The predicted molar refractivity (Wildman–Crippen MR) is 87.6 cm³/mol. The van der Waals surface area contributed by atoms with Crippen LogP contribution < -0.4 is 13.7 Å². The third kappa shape index (κ3) is 6.20. The van der Waals surface area contributed by atoms with Gasteiger partial charge in [0.2, 0.25) is 0 Å². The first kappa shape index (κ1) is 17.1. The van der Waals surface area contributed by atoms with Crippen LogP contribution in [0.4, 0.5) is 0 Å². The predicted octanol–water partition coefficient (Wildman–Crippen LogP) is 2.85. The van der Waals surface area contributed by atoms with E-state index in [4.69, 9.17) is 13.7 Å². The SMILES string of the molecule is CCOc1[c]c(OCCc2ccc(OS(C)(=O)=O)cc2)ccc1. The lowest BCUT2D eigenvalue weighted by Gasteiger charge is -2.08. The molecule has 0 aliphatic heterocycles. The Balaban J connectivity index is 1.85. The first-order chi connectivity index (χ1) is 11.0. The monoisotopic (exact) mass is 335 g/mol. The Morgan fingerprint density at radius 3 is 2.26 bits per heavy atom. The van der Waals surface area contributed by atoms with E-state index in [2.05, 4.69) is 6.07 Å². The molecule has 0 aromatic heterocycles. The number of ether oxygens (including phenoxy) is 2. The van der Waals surface area contributed by atoms with Crippen molar-refractivity contribution in [3.8, 4) is 17.2 Å². The van der Waals surface area contributed by atoms with Crippen LogP contribution in [-0.2, 0) is 16.5 Å². The van der Waals surface area contributed by atoms with Crippen LogP contribution in [0.15, 0.2) is 42.5 Å². The first-order valence-electron chi connectivity index (χ1n) is 7.22. The molecule has 0 atom stereocenters. The van der Waals surface area contributed by atoms with E-state index in [1.807, 2.05) is 37.3 Å². The van der Waals surface area contributed by atoms with Gasteiger partial charge in [-0.1, -0.05) is 18.2 Å². The maximum Gasteiger partial charge on any atom is 0.306 e. The Morgan fingerprint density at radius 1 is 1.00 bits per heavy atom. The second-order valence-corrected chi connectivity index (χ2v) is 6.42. The van der Waals surface area contributed by atoms with Crippen molar-refractivity contribution in [2.45, 2.75) is 13.3 Å². The Kier molecular flexibility index (Phi) is 5.87. The minimum Gasteiger partial charge on any atom is -0.493 e. The van der Waals surface area contributed by atoms with Crippen molar-refractivity contribution in [2.75, 3.05) is 19.5 Å². The van der Waals surface area contributed by atoms with E-state index >= 15 is 0 Å². The molecule has 23 heavy (non-hydrogen) atoms. The lowest BCUT2D eigenvalue weighted by molar-refractivity contribution is 0.311. The van der Waals surface area contributed by atoms with Crippen LogP contribution in [0.3, 0.4) is 0 Å². The average molecular weight is 335 g/mol. The van der Waals surface area contributed by atoms with E-state index in [1.165, 1.54) is 0 Å². The zero-order valence-electron chi connectivity index (χ0n) is 13.1. The quantitative estimate of drug-likeness (QED) is 0.694. The number of hydrogen-bond donors (Lipinski definition) is 0. The van der Waals surface area contributed by atoms with Crippen molar-refractivity contribution in [2.24, 2.45) is 0 Å². The molecule has 1 radical (unpaired) electrons. The molecular weight excluding hydrogens is 316 g/mol. The molecular formula is C17H19O5S. The molecule has 0 unspecified atom stereocenters. The molecule has 0 saturated heterocycles. The molecule has 2 rings (SSSR count). The molecule has 5 nitrogen and oxygen atoms in total. The fourth-order valence-corrected chi connectivity index (χ4v) is 2.38. The maximum atomic E-state index is 11.0. The summed E-state index contributed by atoms with van der Waals surface area (Å²) in [5.74, 6) is 1.59. The molecule has 6 heteroatoms. The lowest BCUT2D eigenvalue weighted by Crippen LogP contribution is -2.06.